The number of ketones is 1. The minimum atomic E-state index is -1.23. The predicted octanol–water partition coefficient (Wildman–Crippen LogP) is 4.47. The van der Waals surface area contributed by atoms with Gasteiger partial charge in [0.15, 0.2) is 5.78 Å². The van der Waals surface area contributed by atoms with E-state index >= 15 is 0 Å². The Kier molecular flexibility index (Phi) is 4.86. The van der Waals surface area contributed by atoms with Crippen LogP contribution in [0, 0.1) is 6.92 Å². The van der Waals surface area contributed by atoms with Crippen LogP contribution >= 0.6 is 11.3 Å². The predicted molar refractivity (Wildman–Crippen MR) is 98.7 cm³/mol. The summed E-state index contributed by atoms with van der Waals surface area (Å²) in [4.78, 5) is 29.9. The number of carboxylic acids is 1. The third-order valence-electron chi connectivity index (χ3n) is 3.61. The Morgan fingerprint density at radius 2 is 1.84 bits per heavy atom. The fraction of sp³-hybridized carbons (Fsp3) is 0.0500. The zero-order valence-corrected chi connectivity index (χ0v) is 14.3. The molecule has 0 saturated heterocycles. The van der Waals surface area contributed by atoms with E-state index in [0.29, 0.717) is 10.4 Å². The van der Waals surface area contributed by atoms with Gasteiger partial charge in [-0.15, -0.1) is 11.3 Å². The number of pyridine rings is 1. The van der Waals surface area contributed by atoms with Gasteiger partial charge in [0.25, 0.3) is 0 Å². The van der Waals surface area contributed by atoms with Crippen molar-refractivity contribution in [3.63, 3.8) is 0 Å². The largest absolute Gasteiger partial charge is 0.478 e. The highest BCUT2D eigenvalue weighted by Gasteiger charge is 2.19. The van der Waals surface area contributed by atoms with Gasteiger partial charge in [-0.1, -0.05) is 30.3 Å². The smallest absolute Gasteiger partial charge is 0.339 e. The van der Waals surface area contributed by atoms with Gasteiger partial charge in [0.05, 0.1) is 0 Å². The van der Waals surface area contributed by atoms with Gasteiger partial charge < -0.3 is 5.11 Å². The Bertz CT molecular complexity index is 958. The third kappa shape index (κ3) is 3.89. The van der Waals surface area contributed by atoms with E-state index in [1.807, 2.05) is 31.2 Å². The molecule has 0 radical (unpaired) electrons. The highest BCUT2D eigenvalue weighted by Crippen LogP contribution is 2.30. The van der Waals surface area contributed by atoms with Crippen molar-refractivity contribution in [1.82, 2.24) is 4.98 Å². The van der Waals surface area contributed by atoms with Crippen LogP contribution in [-0.4, -0.2) is 21.8 Å². The van der Waals surface area contributed by atoms with Crippen LogP contribution in [0.25, 0.3) is 16.5 Å². The monoisotopic (exact) mass is 349 g/mol. The van der Waals surface area contributed by atoms with Crippen LogP contribution in [0.4, 0.5) is 0 Å². The molecular formula is C20H15NO3S. The van der Waals surface area contributed by atoms with Crippen molar-refractivity contribution in [1.29, 1.82) is 0 Å². The van der Waals surface area contributed by atoms with E-state index in [1.165, 1.54) is 17.4 Å². The highest BCUT2D eigenvalue weighted by atomic mass is 32.1. The molecule has 0 aliphatic rings. The second-order valence-corrected chi connectivity index (χ2v) is 6.56. The van der Waals surface area contributed by atoms with Gasteiger partial charge in [-0.25, -0.2) is 4.79 Å². The van der Waals surface area contributed by atoms with Crippen LogP contribution in [0.1, 0.15) is 20.9 Å². The zero-order chi connectivity index (χ0) is 17.8. The van der Waals surface area contributed by atoms with Crippen molar-refractivity contribution in [3.8, 4) is 10.4 Å². The second kappa shape index (κ2) is 7.23. The molecule has 0 unspecified atom stereocenters. The van der Waals surface area contributed by atoms with Crippen molar-refractivity contribution in [2.75, 3.05) is 0 Å². The van der Waals surface area contributed by atoms with Crippen LogP contribution in [-0.2, 0) is 4.79 Å². The SMILES string of the molecule is Cc1cc(-c2ccc(C=C(C(=O)O)C(=O)c3ccccc3)s2)ccn1. The number of carbonyl (C=O) groups is 2. The van der Waals surface area contributed by atoms with E-state index in [4.69, 9.17) is 0 Å². The van der Waals surface area contributed by atoms with Crippen LogP contribution in [0.2, 0.25) is 0 Å². The Balaban J connectivity index is 1.94. The first-order valence-electron chi connectivity index (χ1n) is 7.62. The minimum absolute atomic E-state index is 0.245. The Hall–Kier alpha value is -3.05. The number of aliphatic carboxylic acids is 1. The number of Topliss-reactive ketones (excluding diaryl/α,β-unsaturated/α-hetero) is 1. The number of benzene rings is 1. The van der Waals surface area contributed by atoms with Crippen LogP contribution in [0.3, 0.4) is 0 Å². The van der Waals surface area contributed by atoms with Gasteiger partial charge >= 0.3 is 5.97 Å². The molecule has 0 aliphatic carbocycles. The summed E-state index contributed by atoms with van der Waals surface area (Å²) < 4.78 is 0. The number of carbonyl (C=O) groups excluding carboxylic acids is 1. The average molecular weight is 349 g/mol. The Morgan fingerprint density at radius 1 is 1.08 bits per heavy atom. The summed E-state index contributed by atoms with van der Waals surface area (Å²) in [6.07, 6.45) is 3.17. The maximum absolute atomic E-state index is 12.5. The fourth-order valence-electron chi connectivity index (χ4n) is 2.40. The summed E-state index contributed by atoms with van der Waals surface area (Å²) in [6, 6.07) is 16.0. The standard InChI is InChI=1S/C20H15NO3S/c1-13-11-15(9-10-21-13)18-8-7-16(25-18)12-17(20(23)24)19(22)14-5-3-2-4-6-14/h2-12H,1H3,(H,23,24). The van der Waals surface area contributed by atoms with Gasteiger partial charge in [0.1, 0.15) is 5.57 Å². The molecular weight excluding hydrogens is 334 g/mol. The van der Waals surface area contributed by atoms with E-state index in [0.717, 1.165) is 16.1 Å². The molecule has 3 rings (SSSR count). The minimum Gasteiger partial charge on any atom is -0.478 e. The van der Waals surface area contributed by atoms with Crippen molar-refractivity contribution < 1.29 is 14.7 Å². The molecule has 3 aromatic rings. The summed E-state index contributed by atoms with van der Waals surface area (Å²) in [5.41, 5.74) is 2.04. The summed E-state index contributed by atoms with van der Waals surface area (Å²) in [7, 11) is 0. The van der Waals surface area contributed by atoms with Gasteiger partial charge in [-0.2, -0.15) is 0 Å². The molecule has 0 aliphatic heterocycles. The van der Waals surface area contributed by atoms with E-state index < -0.39 is 11.8 Å². The first-order valence-corrected chi connectivity index (χ1v) is 8.44. The van der Waals surface area contributed by atoms with Gasteiger partial charge in [0, 0.05) is 27.2 Å². The molecule has 124 valence electrons. The number of hydrogen-bond acceptors (Lipinski definition) is 4. The van der Waals surface area contributed by atoms with Crippen molar-refractivity contribution in [2.24, 2.45) is 0 Å². The Labute approximate surface area is 149 Å². The lowest BCUT2D eigenvalue weighted by atomic mass is 10.0. The van der Waals surface area contributed by atoms with E-state index in [2.05, 4.69) is 4.98 Å². The number of aryl methyl sites for hydroxylation is 1. The molecule has 2 heterocycles. The number of rotatable bonds is 5. The van der Waals surface area contributed by atoms with Crippen molar-refractivity contribution in [3.05, 3.63) is 82.5 Å². The number of hydrogen-bond donors (Lipinski definition) is 1. The number of thiophene rings is 1. The van der Waals surface area contributed by atoms with E-state index in [-0.39, 0.29) is 5.57 Å². The quantitative estimate of drug-likeness (QED) is 0.319. The normalized spacial score (nSPS) is 11.3. The van der Waals surface area contributed by atoms with Gasteiger partial charge in [-0.05, 0) is 42.8 Å². The topological polar surface area (TPSA) is 67.3 Å². The second-order valence-electron chi connectivity index (χ2n) is 5.45. The van der Waals surface area contributed by atoms with Gasteiger partial charge in [0.2, 0.25) is 0 Å². The number of aromatic nitrogens is 1. The summed E-state index contributed by atoms with van der Waals surface area (Å²) in [5, 5.41) is 9.43. The van der Waals surface area contributed by atoms with Crippen LogP contribution in [0.15, 0.2) is 66.4 Å². The molecule has 25 heavy (non-hydrogen) atoms. The van der Waals surface area contributed by atoms with E-state index in [1.54, 1.807) is 36.5 Å². The van der Waals surface area contributed by atoms with Crippen molar-refractivity contribution in [2.45, 2.75) is 6.92 Å². The summed E-state index contributed by atoms with van der Waals surface area (Å²) in [5.74, 6) is -1.73. The van der Waals surface area contributed by atoms with Crippen LogP contribution in [0.5, 0.6) is 0 Å². The number of nitrogens with zero attached hydrogens (tertiary/aromatic N) is 1. The lowest BCUT2D eigenvalue weighted by Crippen LogP contribution is -2.12. The third-order valence-corrected chi connectivity index (χ3v) is 4.69. The molecule has 0 atom stereocenters. The molecule has 0 saturated carbocycles. The Morgan fingerprint density at radius 3 is 2.52 bits per heavy atom. The first-order chi connectivity index (χ1) is 12.0. The van der Waals surface area contributed by atoms with Crippen molar-refractivity contribution >= 4 is 29.2 Å². The highest BCUT2D eigenvalue weighted by molar-refractivity contribution is 7.16. The molecule has 1 N–H and O–H groups in total. The summed E-state index contributed by atoms with van der Waals surface area (Å²) in [6.45, 7) is 1.92. The van der Waals surface area contributed by atoms with Crippen LogP contribution < -0.4 is 0 Å². The summed E-state index contributed by atoms with van der Waals surface area (Å²) >= 11 is 1.43. The molecule has 5 heteroatoms. The lowest BCUT2D eigenvalue weighted by Gasteiger charge is -2.01. The van der Waals surface area contributed by atoms with Gasteiger partial charge in [-0.3, -0.25) is 9.78 Å². The van der Waals surface area contributed by atoms with E-state index in [9.17, 15) is 14.7 Å². The molecule has 0 amide bonds. The molecule has 0 spiro atoms. The zero-order valence-electron chi connectivity index (χ0n) is 13.5. The molecule has 0 fully saturated rings. The maximum atomic E-state index is 12.5. The molecule has 0 bridgehead atoms. The maximum Gasteiger partial charge on any atom is 0.339 e. The first kappa shape index (κ1) is 16.8. The lowest BCUT2D eigenvalue weighted by molar-refractivity contribution is -0.132. The average Bonchev–Trinajstić information content (AvgIpc) is 3.08. The molecule has 2 aromatic heterocycles. The molecule has 1 aromatic carbocycles. The fourth-order valence-corrected chi connectivity index (χ4v) is 3.34. The molecule has 4 nitrogen and oxygen atoms in total. The number of carboxylic acid groups (broad SMARTS) is 1.